The van der Waals surface area contributed by atoms with Crippen molar-refractivity contribution in [2.75, 3.05) is 19.8 Å². The summed E-state index contributed by atoms with van der Waals surface area (Å²) in [6.07, 6.45) is -14.6. The lowest BCUT2D eigenvalue weighted by molar-refractivity contribution is -0.345. The van der Waals surface area contributed by atoms with Crippen LogP contribution >= 0.6 is 0 Å². The fraction of sp³-hybridized carbons (Fsp3) is 0.492. The molecular formula is C61H70N4O20. The van der Waals surface area contributed by atoms with E-state index < -0.39 is 162 Å². The molecule has 4 fully saturated rings. The lowest BCUT2D eigenvalue weighted by Gasteiger charge is -2.67. The van der Waals surface area contributed by atoms with Gasteiger partial charge in [-0.05, 0) is 68.2 Å². The molecule has 85 heavy (non-hydrogen) atoms. The van der Waals surface area contributed by atoms with E-state index in [9.17, 15) is 58.8 Å². The highest BCUT2D eigenvalue weighted by Crippen LogP contribution is 2.65. The third-order valence-corrected chi connectivity index (χ3v) is 17.6. The van der Waals surface area contributed by atoms with Gasteiger partial charge in [-0.15, -0.1) is 0 Å². The molecule has 9 rings (SSSR count). The maximum absolute atomic E-state index is 16.4. The van der Waals surface area contributed by atoms with Crippen molar-refractivity contribution in [1.29, 1.82) is 0 Å². The van der Waals surface area contributed by atoms with Crippen molar-refractivity contribution in [2.45, 2.75) is 153 Å². The number of fused-ring (bicyclic) bond motifs is 5. The number of nitrogens with one attached hydrogen (secondary N) is 2. The summed E-state index contributed by atoms with van der Waals surface area (Å²) in [5.41, 5.74) is -9.42. The van der Waals surface area contributed by atoms with Crippen LogP contribution in [0.1, 0.15) is 111 Å². The second-order valence-corrected chi connectivity index (χ2v) is 23.1. The first-order valence-corrected chi connectivity index (χ1v) is 28.0. The molecule has 4 aromatic rings. The van der Waals surface area contributed by atoms with Crippen LogP contribution in [-0.2, 0) is 58.9 Å². The van der Waals surface area contributed by atoms with Crippen LogP contribution in [0.4, 0.5) is 4.79 Å². The predicted molar refractivity (Wildman–Crippen MR) is 296 cm³/mol. The van der Waals surface area contributed by atoms with Gasteiger partial charge in [0.15, 0.2) is 23.6 Å². The first kappa shape index (κ1) is 61.7. The number of alkyl carbamates (subject to hydrolysis) is 1. The standard InChI is InChI=1S/C61H70N4O20/c1-32-29-65(44-26-39(69)41(30-66)81-44)57(77)64(53(32)73)25-17-24-62-56(76)83-42-27-43-60(31-79-43,85-35(4)68)49-51(84-54(74)38-22-15-10-16-23-38)61(78)28-40(33(2)45(58(61,5)6)48(80-34(3)67)50(71)59(42,49)7)82-55(75)47(70)46(36-18-11-8-12-19-36)63-52(72)37-20-13-9-14-21-37/h8-16,18-23,29,39-44,46-49,51,66,69-70,78H,17,24-28,30-31H2,1-7H3,(H,62,76)(H,63,72)/t39-,40-,41+,42-,43+,44+,46-,47+,48+,49-,51-,59?,60-,61+/m0/s1. The molecule has 2 saturated carbocycles. The van der Waals surface area contributed by atoms with E-state index in [0.717, 1.165) is 23.0 Å². The van der Waals surface area contributed by atoms with Gasteiger partial charge in [0.05, 0.1) is 42.3 Å². The van der Waals surface area contributed by atoms with Crippen molar-refractivity contribution >= 4 is 41.7 Å². The van der Waals surface area contributed by atoms with E-state index in [1.54, 1.807) is 66.7 Å². The van der Waals surface area contributed by atoms with E-state index in [-0.39, 0.29) is 60.2 Å². The van der Waals surface area contributed by atoms with E-state index in [4.69, 9.17) is 33.2 Å². The number of amides is 2. The highest BCUT2D eigenvalue weighted by atomic mass is 16.6. The van der Waals surface area contributed by atoms with Gasteiger partial charge in [0.1, 0.15) is 42.3 Å². The molecule has 3 heterocycles. The molecule has 454 valence electrons. The van der Waals surface area contributed by atoms with Gasteiger partial charge in [0, 0.05) is 68.9 Å². The monoisotopic (exact) mass is 1180 g/mol. The quantitative estimate of drug-likeness (QED) is 0.0383. The number of ether oxygens (including phenoxy) is 7. The number of carbonyl (C=O) groups excluding carboxylic acids is 7. The Morgan fingerprint density at radius 1 is 0.824 bits per heavy atom. The maximum Gasteiger partial charge on any atom is 0.407 e. The van der Waals surface area contributed by atoms with Gasteiger partial charge in [0.25, 0.3) is 11.5 Å². The molecule has 6 N–H and O–H groups in total. The lowest BCUT2D eigenvalue weighted by atomic mass is 9.44. The molecule has 0 spiro atoms. The van der Waals surface area contributed by atoms with Crippen molar-refractivity contribution in [1.82, 2.24) is 19.8 Å². The topological polar surface area (TPSA) is 333 Å². The number of hydrogen-bond acceptors (Lipinski definition) is 20. The Kier molecular flexibility index (Phi) is 17.6. The summed E-state index contributed by atoms with van der Waals surface area (Å²) in [7, 11) is 0. The zero-order valence-electron chi connectivity index (χ0n) is 48.0. The van der Waals surface area contributed by atoms with E-state index in [1.165, 1.54) is 65.1 Å². The lowest BCUT2D eigenvalue weighted by Crippen LogP contribution is -2.82. The molecule has 24 heteroatoms. The Balaban J connectivity index is 1.10. The van der Waals surface area contributed by atoms with Crippen LogP contribution in [0.3, 0.4) is 0 Å². The third kappa shape index (κ3) is 11.3. The molecule has 3 aliphatic carbocycles. The van der Waals surface area contributed by atoms with Crippen molar-refractivity contribution in [3.05, 3.63) is 151 Å². The summed E-state index contributed by atoms with van der Waals surface area (Å²) >= 11 is 0. The van der Waals surface area contributed by atoms with E-state index in [0.29, 0.717) is 5.56 Å². The SMILES string of the molecule is CC(=O)O[C@H]1C(=O)C2(C)[C@@H](OC(=O)NCCCn3c(=O)c(C)cn([C@H]4C[C@H](O)[C@@H](CO)O4)c3=O)C[C@H]3OC[C@@]3(OC(C)=O)[C@H]2[C@H](OC(=O)c2ccccc2)[C@]2(O)C[C@H](OC(=O)[C@H](O)[C@@H](NC(=O)c3ccccc3)c3ccccc3)C(C)=C1C2(C)C. The van der Waals surface area contributed by atoms with Crippen LogP contribution in [-0.4, -0.2) is 151 Å². The van der Waals surface area contributed by atoms with Gasteiger partial charge in [-0.25, -0.2) is 19.2 Å². The minimum absolute atomic E-state index is 0.0195. The number of hydrogen-bond donors (Lipinski definition) is 6. The number of aliphatic hydroxyl groups excluding tert-OH is 3. The van der Waals surface area contributed by atoms with E-state index in [1.807, 2.05) is 0 Å². The molecule has 14 atom stereocenters. The highest BCUT2D eigenvalue weighted by Gasteiger charge is 2.79. The molecule has 2 saturated heterocycles. The van der Waals surface area contributed by atoms with Gasteiger partial charge in [-0.1, -0.05) is 80.6 Å². The molecule has 2 amide bonds. The minimum Gasteiger partial charge on any atom is -0.456 e. The molecule has 2 bridgehead atoms. The van der Waals surface area contributed by atoms with Crippen LogP contribution in [0.25, 0.3) is 0 Å². The molecule has 0 radical (unpaired) electrons. The number of esters is 4. The normalized spacial score (nSPS) is 29.9. The summed E-state index contributed by atoms with van der Waals surface area (Å²) in [5, 5.41) is 51.5. The zero-order chi connectivity index (χ0) is 61.5. The largest absolute Gasteiger partial charge is 0.456 e. The molecule has 1 aromatic heterocycles. The molecular weight excluding hydrogens is 1110 g/mol. The summed E-state index contributed by atoms with van der Waals surface area (Å²) in [6.45, 7) is 8.07. The summed E-state index contributed by atoms with van der Waals surface area (Å²) in [4.78, 5) is 128. The van der Waals surface area contributed by atoms with Crippen LogP contribution in [0.2, 0.25) is 0 Å². The Labute approximate surface area is 488 Å². The molecule has 24 nitrogen and oxygen atoms in total. The molecule has 5 aliphatic rings. The van der Waals surface area contributed by atoms with Crippen molar-refractivity contribution in [3.8, 4) is 0 Å². The van der Waals surface area contributed by atoms with Gasteiger partial charge in [0.2, 0.25) is 0 Å². The van der Waals surface area contributed by atoms with Crippen molar-refractivity contribution < 1.29 is 87.1 Å². The van der Waals surface area contributed by atoms with Crippen LogP contribution in [0.15, 0.2) is 118 Å². The van der Waals surface area contributed by atoms with Crippen LogP contribution in [0.5, 0.6) is 0 Å². The first-order valence-electron chi connectivity index (χ1n) is 28.0. The van der Waals surface area contributed by atoms with E-state index in [2.05, 4.69) is 10.6 Å². The first-order chi connectivity index (χ1) is 40.3. The number of Topliss-reactive ketones (excluding diaryl/α,β-unsaturated/α-hetero) is 1. The Morgan fingerprint density at radius 2 is 1.46 bits per heavy atom. The molecule has 2 aliphatic heterocycles. The second kappa shape index (κ2) is 24.2. The highest BCUT2D eigenvalue weighted by molar-refractivity contribution is 5.96. The summed E-state index contributed by atoms with van der Waals surface area (Å²) in [5.74, 6) is -7.59. The fourth-order valence-corrected chi connectivity index (χ4v) is 13.1. The number of aliphatic hydroxyl groups is 4. The maximum atomic E-state index is 16.4. The number of aryl methyl sites for hydroxylation is 1. The Morgan fingerprint density at radius 3 is 2.05 bits per heavy atom. The molecule has 3 aromatic carbocycles. The van der Waals surface area contributed by atoms with Crippen molar-refractivity contribution in [2.24, 2.45) is 16.7 Å². The van der Waals surface area contributed by atoms with Crippen molar-refractivity contribution in [3.63, 3.8) is 0 Å². The number of aromatic nitrogens is 2. The van der Waals surface area contributed by atoms with Crippen LogP contribution in [0, 0.1) is 23.7 Å². The smallest absolute Gasteiger partial charge is 0.407 e. The number of rotatable bonds is 17. The predicted octanol–water partition coefficient (Wildman–Crippen LogP) is 2.83. The zero-order valence-corrected chi connectivity index (χ0v) is 48.0. The average Bonchev–Trinajstić information content (AvgIpc) is 0.906. The Bertz CT molecular complexity index is 3390. The average molecular weight is 1180 g/mol. The van der Waals surface area contributed by atoms with Crippen LogP contribution < -0.4 is 21.9 Å². The van der Waals surface area contributed by atoms with E-state index >= 15 is 4.79 Å². The molecule has 1 unspecified atom stereocenters. The van der Waals surface area contributed by atoms with Gasteiger partial charge in [-0.2, -0.15) is 0 Å². The fourth-order valence-electron chi connectivity index (χ4n) is 13.1. The number of nitrogens with zero attached hydrogens (tertiary/aromatic N) is 2. The van der Waals surface area contributed by atoms with Gasteiger partial charge < -0.3 is 64.2 Å². The van der Waals surface area contributed by atoms with Gasteiger partial charge >= 0.3 is 35.7 Å². The number of carbonyl (C=O) groups is 7. The third-order valence-electron chi connectivity index (χ3n) is 17.6. The summed E-state index contributed by atoms with van der Waals surface area (Å²) in [6, 6.07) is 22.4. The number of ketones is 1. The second-order valence-electron chi connectivity index (χ2n) is 23.1. The summed E-state index contributed by atoms with van der Waals surface area (Å²) < 4.78 is 45.1. The minimum atomic E-state index is -2.57. The Hall–Kier alpha value is -7.87. The number of benzene rings is 3. The van der Waals surface area contributed by atoms with Gasteiger partial charge in [-0.3, -0.25) is 33.1 Å².